The Hall–Kier alpha value is -1.80. The van der Waals surface area contributed by atoms with Crippen molar-refractivity contribution in [1.29, 1.82) is 0 Å². The molecule has 21 nitrogen and oxygen atoms in total. The maximum atomic E-state index is 11.9. The van der Waals surface area contributed by atoms with Gasteiger partial charge in [-0.15, -0.1) is 0 Å². The highest BCUT2D eigenvalue weighted by atomic mass is 16.7. The van der Waals surface area contributed by atoms with E-state index in [1.165, 1.54) is 0 Å². The fourth-order valence-corrected chi connectivity index (χ4v) is 7.20. The Balaban J connectivity index is 1.52. The number of fused-ring (bicyclic) bond motifs is 8. The van der Waals surface area contributed by atoms with Crippen LogP contribution in [0.5, 0.6) is 0 Å². The van der Waals surface area contributed by atoms with Crippen LogP contribution in [0.3, 0.4) is 0 Å². The maximum Gasteiger partial charge on any atom is 0.184 e. The minimum atomic E-state index is -1.82. The summed E-state index contributed by atoms with van der Waals surface area (Å²) in [5, 5.41) is 105. The Morgan fingerprint density at radius 1 is 0.468 bits per heavy atom. The van der Waals surface area contributed by atoms with Crippen molar-refractivity contribution in [1.82, 2.24) is 0 Å². The number of aliphatic hydroxyl groups excluding tert-OH is 9. The molecule has 9 N–H and O–H groups in total. The summed E-state index contributed by atoms with van der Waals surface area (Å²) >= 11 is 0. The van der Waals surface area contributed by atoms with E-state index in [4.69, 9.17) is 28.4 Å². The number of nitroso groups, excluding NO2 is 3. The molecule has 5 saturated heterocycles. The van der Waals surface area contributed by atoms with E-state index in [1.54, 1.807) is 0 Å². The molecule has 0 aliphatic carbocycles. The Morgan fingerprint density at radius 3 is 1.55 bits per heavy atom. The van der Waals surface area contributed by atoms with Crippen molar-refractivity contribution < 1.29 is 74.4 Å². The lowest BCUT2D eigenvalue weighted by molar-refractivity contribution is -0.314. The fourth-order valence-electron chi connectivity index (χ4n) is 7.20. The predicted octanol–water partition coefficient (Wildman–Crippen LogP) is -5.05. The van der Waals surface area contributed by atoms with Gasteiger partial charge in [-0.05, 0) is 12.8 Å². The Bertz CT molecular complexity index is 1080. The van der Waals surface area contributed by atoms with Gasteiger partial charge in [0, 0.05) is 11.8 Å². The SMILES string of the molecule is O=NC1C(CO)OC2OCC3O[C@H](CC4C(O)C(CO)OC(OCC5O[C@H](C[C@@H]1C2O)C(O)C(O)[C@@H]5O)C4O)C(N=O)C(O)[C@@H]3N=O. The maximum absolute atomic E-state index is 11.9. The molecule has 5 heterocycles. The van der Waals surface area contributed by atoms with Gasteiger partial charge in [0.2, 0.25) is 0 Å². The molecule has 15 unspecified atom stereocenters. The second kappa shape index (κ2) is 15.4. The first-order valence-electron chi connectivity index (χ1n) is 15.3. The molecule has 0 radical (unpaired) electrons. The third-order valence-electron chi connectivity index (χ3n) is 9.90. The van der Waals surface area contributed by atoms with Crippen molar-refractivity contribution in [2.45, 2.75) is 123 Å². The third kappa shape index (κ3) is 6.98. The van der Waals surface area contributed by atoms with Gasteiger partial charge in [-0.1, -0.05) is 15.5 Å². The molecule has 5 fully saturated rings. The molecule has 0 spiro atoms. The van der Waals surface area contributed by atoms with Crippen LogP contribution in [0.25, 0.3) is 0 Å². The molecule has 268 valence electrons. The van der Waals surface area contributed by atoms with Crippen LogP contribution in [0.1, 0.15) is 12.8 Å². The van der Waals surface area contributed by atoms with E-state index in [1.807, 2.05) is 0 Å². The molecule has 0 aromatic carbocycles. The molecule has 0 aromatic heterocycles. The van der Waals surface area contributed by atoms with E-state index in [2.05, 4.69) is 15.5 Å². The Labute approximate surface area is 266 Å². The summed E-state index contributed by atoms with van der Waals surface area (Å²) in [6.07, 6.45) is -24.3. The molecule has 0 aromatic rings. The van der Waals surface area contributed by atoms with Crippen LogP contribution in [0.4, 0.5) is 0 Å². The number of hydrogen-bond donors (Lipinski definition) is 9. The van der Waals surface area contributed by atoms with Crippen molar-refractivity contribution in [3.63, 3.8) is 0 Å². The lowest BCUT2D eigenvalue weighted by Gasteiger charge is -2.48. The minimum Gasteiger partial charge on any atom is -0.394 e. The topological polar surface area (TPSA) is 326 Å². The van der Waals surface area contributed by atoms with Crippen molar-refractivity contribution in [3.8, 4) is 0 Å². The van der Waals surface area contributed by atoms with Crippen LogP contribution in [-0.2, 0) is 28.4 Å². The number of ether oxygens (including phenoxy) is 6. The van der Waals surface area contributed by atoms with Gasteiger partial charge >= 0.3 is 0 Å². The van der Waals surface area contributed by atoms with Gasteiger partial charge in [-0.2, -0.15) is 14.7 Å². The Morgan fingerprint density at radius 2 is 0.957 bits per heavy atom. The second-order valence-electron chi connectivity index (χ2n) is 12.6. The highest BCUT2D eigenvalue weighted by molar-refractivity contribution is 5.04. The highest BCUT2D eigenvalue weighted by Gasteiger charge is 2.55. The second-order valence-corrected chi connectivity index (χ2v) is 12.6. The normalized spacial score (nSPS) is 52.8. The van der Waals surface area contributed by atoms with E-state index in [0.717, 1.165) is 0 Å². The van der Waals surface area contributed by atoms with E-state index in [-0.39, 0.29) is 0 Å². The smallest absolute Gasteiger partial charge is 0.184 e. The summed E-state index contributed by atoms with van der Waals surface area (Å²) in [6.45, 7) is -2.73. The fraction of sp³-hybridized carbons (Fsp3) is 1.00. The van der Waals surface area contributed by atoms with Crippen molar-refractivity contribution in [2.24, 2.45) is 27.4 Å². The summed E-state index contributed by atoms with van der Waals surface area (Å²) in [4.78, 5) is 35.5. The van der Waals surface area contributed by atoms with Crippen LogP contribution in [0.15, 0.2) is 15.5 Å². The molecule has 0 amide bonds. The molecule has 5 aliphatic heterocycles. The monoisotopic (exact) mass is 683 g/mol. The van der Waals surface area contributed by atoms with Gasteiger partial charge in [-0.25, -0.2) is 0 Å². The van der Waals surface area contributed by atoms with E-state index in [0.29, 0.717) is 0 Å². The molecule has 0 saturated carbocycles. The predicted molar refractivity (Wildman–Crippen MR) is 148 cm³/mol. The molecular weight excluding hydrogens is 642 g/mol. The zero-order valence-electron chi connectivity index (χ0n) is 24.8. The number of rotatable bonds is 5. The summed E-state index contributed by atoms with van der Waals surface area (Å²) in [7, 11) is 0. The van der Waals surface area contributed by atoms with Crippen LogP contribution in [0, 0.1) is 26.6 Å². The van der Waals surface area contributed by atoms with Crippen LogP contribution in [-0.4, -0.2) is 182 Å². The van der Waals surface area contributed by atoms with E-state index >= 15 is 0 Å². The van der Waals surface area contributed by atoms with Crippen molar-refractivity contribution >= 4 is 0 Å². The molecule has 5 rings (SSSR count). The van der Waals surface area contributed by atoms with Crippen molar-refractivity contribution in [2.75, 3.05) is 26.4 Å². The van der Waals surface area contributed by atoms with Gasteiger partial charge in [0.1, 0.15) is 79.2 Å². The average molecular weight is 684 g/mol. The van der Waals surface area contributed by atoms with Gasteiger partial charge in [0.05, 0.1) is 44.7 Å². The molecule has 47 heavy (non-hydrogen) atoms. The molecule has 8 bridgehead atoms. The van der Waals surface area contributed by atoms with Crippen LogP contribution >= 0.6 is 0 Å². The van der Waals surface area contributed by atoms with E-state index in [9.17, 15) is 60.7 Å². The standard InChI is InChI=1S/C26H41N3O18/c30-3-11-15(27-39)7-1-10-21(35)24(38)22(36)14(45-10)6-43-26-20(34)8(18(32)12(4-31)47-26)2-9-16(28-40)23(37)17(29-41)13(44-9)5-42-25(46-11)19(7)33/h7-26,30-38H,1-6H2/t7-,8?,9+,10+,11?,12?,13?,14?,15?,16?,17+,18?,19?,20?,21?,22+,23?,24?,25?,26?/m0/s1. The molecule has 21 heteroatoms. The molecular formula is C26H41N3O18. The van der Waals surface area contributed by atoms with Gasteiger partial charge in [0.15, 0.2) is 12.6 Å². The lowest BCUT2D eigenvalue weighted by Crippen LogP contribution is -2.63. The minimum absolute atomic E-state index is 0.395. The van der Waals surface area contributed by atoms with Crippen LogP contribution < -0.4 is 0 Å². The lowest BCUT2D eigenvalue weighted by atomic mass is 9.80. The number of nitrogens with zero attached hydrogens (tertiary/aromatic N) is 3. The average Bonchev–Trinajstić information content (AvgIpc) is 3.06. The molecule has 5 aliphatic rings. The van der Waals surface area contributed by atoms with E-state index < -0.39 is 161 Å². The zero-order valence-corrected chi connectivity index (χ0v) is 24.8. The first-order chi connectivity index (χ1) is 22.5. The third-order valence-corrected chi connectivity index (χ3v) is 9.90. The van der Waals surface area contributed by atoms with Gasteiger partial charge < -0.3 is 74.4 Å². The first kappa shape index (κ1) is 36.5. The number of aliphatic hydroxyl groups is 9. The first-order valence-corrected chi connectivity index (χ1v) is 15.3. The van der Waals surface area contributed by atoms with Gasteiger partial charge in [0.25, 0.3) is 0 Å². The van der Waals surface area contributed by atoms with Crippen molar-refractivity contribution in [3.05, 3.63) is 14.7 Å². The largest absolute Gasteiger partial charge is 0.394 e. The van der Waals surface area contributed by atoms with Gasteiger partial charge in [-0.3, -0.25) is 0 Å². The summed E-state index contributed by atoms with van der Waals surface area (Å²) < 4.78 is 34.3. The molecule has 20 atom stereocenters. The summed E-state index contributed by atoms with van der Waals surface area (Å²) in [6, 6.07) is -4.67. The summed E-state index contributed by atoms with van der Waals surface area (Å²) in [5.74, 6) is -2.50. The zero-order chi connectivity index (χ0) is 34.2. The number of hydrogen-bond acceptors (Lipinski definition) is 21. The summed E-state index contributed by atoms with van der Waals surface area (Å²) in [5.41, 5.74) is 0. The highest BCUT2D eigenvalue weighted by Crippen LogP contribution is 2.39. The quantitative estimate of drug-likeness (QED) is 0.122. The Kier molecular flexibility index (Phi) is 11.9. The van der Waals surface area contributed by atoms with Crippen LogP contribution in [0.2, 0.25) is 0 Å².